The number of ether oxygens (including phenoxy) is 1. The fourth-order valence-electron chi connectivity index (χ4n) is 3.55. The third-order valence-corrected chi connectivity index (χ3v) is 6.95. The molecule has 1 heterocycles. The van der Waals surface area contributed by atoms with Crippen molar-refractivity contribution in [1.82, 2.24) is 20.1 Å². The molecule has 0 aliphatic heterocycles. The number of carbonyl (C=O) groups excluding carboxylic acids is 2. The number of nitrogens with one attached hydrogen (secondary N) is 2. The predicted molar refractivity (Wildman–Crippen MR) is 144 cm³/mol. The Morgan fingerprint density at radius 1 is 1.14 bits per heavy atom. The van der Waals surface area contributed by atoms with E-state index in [-0.39, 0.29) is 30.7 Å². The molecule has 2 N–H and O–H groups in total. The fraction of sp³-hybridized carbons (Fsp3) is 0.385. The number of aromatic nitrogens is 3. The number of anilines is 1. The monoisotopic (exact) mass is 529 g/mol. The van der Waals surface area contributed by atoms with E-state index in [1.165, 1.54) is 11.8 Å². The van der Waals surface area contributed by atoms with E-state index < -0.39 is 0 Å². The topological polar surface area (TPSA) is 98.1 Å². The number of rotatable bonds is 11. The van der Waals surface area contributed by atoms with Gasteiger partial charge in [-0.15, -0.1) is 10.2 Å². The van der Waals surface area contributed by atoms with Gasteiger partial charge in [0.1, 0.15) is 5.75 Å². The summed E-state index contributed by atoms with van der Waals surface area (Å²) >= 11 is 7.41. The Kier molecular flexibility index (Phi) is 9.78. The molecule has 3 rings (SSSR count). The van der Waals surface area contributed by atoms with Crippen molar-refractivity contribution in [2.45, 2.75) is 58.8 Å². The molecule has 0 atom stereocenters. The van der Waals surface area contributed by atoms with Crippen LogP contribution in [0, 0.1) is 13.8 Å². The Morgan fingerprint density at radius 3 is 2.64 bits per heavy atom. The summed E-state index contributed by atoms with van der Waals surface area (Å²) in [5, 5.41) is 15.3. The summed E-state index contributed by atoms with van der Waals surface area (Å²) in [5.74, 6) is 1.38. The van der Waals surface area contributed by atoms with Crippen molar-refractivity contribution in [3.05, 3.63) is 63.9 Å². The van der Waals surface area contributed by atoms with E-state index in [9.17, 15) is 9.59 Å². The molecule has 0 unspecified atom stereocenters. The molecule has 2 amide bonds. The van der Waals surface area contributed by atoms with Gasteiger partial charge in [0, 0.05) is 17.3 Å². The second-order valence-corrected chi connectivity index (χ2v) is 10.0. The quantitative estimate of drug-likeness (QED) is 0.335. The van der Waals surface area contributed by atoms with Crippen molar-refractivity contribution in [1.29, 1.82) is 0 Å². The van der Waals surface area contributed by atoms with E-state index in [0.717, 1.165) is 22.4 Å². The van der Waals surface area contributed by atoms with Crippen molar-refractivity contribution in [2.75, 3.05) is 17.7 Å². The lowest BCUT2D eigenvalue weighted by Gasteiger charge is -2.15. The van der Waals surface area contributed by atoms with E-state index in [2.05, 4.69) is 34.7 Å². The molecule has 3 aromatic rings. The maximum absolute atomic E-state index is 12.4. The first-order valence-electron chi connectivity index (χ1n) is 11.8. The molecule has 0 aliphatic rings. The lowest BCUT2D eigenvalue weighted by Crippen LogP contribution is -2.29. The van der Waals surface area contributed by atoms with Crippen LogP contribution in [0.2, 0.25) is 5.02 Å². The van der Waals surface area contributed by atoms with Gasteiger partial charge in [0.25, 0.3) is 5.91 Å². The summed E-state index contributed by atoms with van der Waals surface area (Å²) in [6.07, 6.45) is 0. The summed E-state index contributed by atoms with van der Waals surface area (Å²) in [6.45, 7) is 10.7. The maximum Gasteiger partial charge on any atom is 0.258 e. The van der Waals surface area contributed by atoms with E-state index in [1.54, 1.807) is 12.1 Å². The van der Waals surface area contributed by atoms with Crippen LogP contribution >= 0.6 is 23.4 Å². The van der Waals surface area contributed by atoms with Crippen LogP contribution < -0.4 is 15.4 Å². The zero-order chi connectivity index (χ0) is 26.2. The Morgan fingerprint density at radius 2 is 1.92 bits per heavy atom. The summed E-state index contributed by atoms with van der Waals surface area (Å²) in [7, 11) is 0. The second kappa shape index (κ2) is 12.8. The van der Waals surface area contributed by atoms with Crippen LogP contribution in [0.15, 0.2) is 41.6 Å². The highest BCUT2D eigenvalue weighted by atomic mass is 35.5. The van der Waals surface area contributed by atoms with E-state index >= 15 is 0 Å². The molecule has 0 spiro atoms. The number of aryl methyl sites for hydroxylation is 1. The smallest absolute Gasteiger partial charge is 0.258 e. The Labute approximate surface area is 221 Å². The molecular weight excluding hydrogens is 498 g/mol. The normalized spacial score (nSPS) is 11.0. The lowest BCUT2D eigenvalue weighted by molar-refractivity contribution is -0.123. The number of benzene rings is 2. The minimum absolute atomic E-state index is 0.0892. The first-order chi connectivity index (χ1) is 17.2. The highest BCUT2D eigenvalue weighted by Gasteiger charge is 2.16. The molecule has 192 valence electrons. The maximum atomic E-state index is 12.4. The summed E-state index contributed by atoms with van der Waals surface area (Å²) in [5.41, 5.74) is 3.64. The van der Waals surface area contributed by atoms with Gasteiger partial charge in [0.15, 0.2) is 17.6 Å². The first-order valence-corrected chi connectivity index (χ1v) is 13.2. The molecule has 10 heteroatoms. The van der Waals surface area contributed by atoms with Gasteiger partial charge in [-0.25, -0.2) is 0 Å². The van der Waals surface area contributed by atoms with Crippen molar-refractivity contribution < 1.29 is 14.3 Å². The number of thioether (sulfide) groups is 1. The minimum atomic E-state index is -0.248. The van der Waals surface area contributed by atoms with Crippen LogP contribution in [0.3, 0.4) is 0 Å². The highest BCUT2D eigenvalue weighted by Crippen LogP contribution is 2.27. The van der Waals surface area contributed by atoms with Gasteiger partial charge in [-0.3, -0.25) is 9.59 Å². The summed E-state index contributed by atoms with van der Waals surface area (Å²) < 4.78 is 7.69. The molecule has 0 saturated heterocycles. The molecule has 36 heavy (non-hydrogen) atoms. The molecule has 0 saturated carbocycles. The number of hydrogen-bond acceptors (Lipinski definition) is 6. The Bertz CT molecular complexity index is 1230. The van der Waals surface area contributed by atoms with Crippen LogP contribution in [0.4, 0.5) is 5.69 Å². The second-order valence-electron chi connectivity index (χ2n) is 8.65. The largest absolute Gasteiger partial charge is 0.483 e. The highest BCUT2D eigenvalue weighted by molar-refractivity contribution is 7.99. The van der Waals surface area contributed by atoms with Gasteiger partial charge in [0.05, 0.1) is 12.3 Å². The van der Waals surface area contributed by atoms with Crippen molar-refractivity contribution in [2.24, 2.45) is 0 Å². The SMILES string of the molecule is CCn1c(CNC(=O)COc2cc(C)ccc2C(C)C)nnc1SCC(=O)Nc1cccc(Cl)c1C. The fourth-order valence-corrected chi connectivity index (χ4v) is 4.54. The minimum Gasteiger partial charge on any atom is -0.483 e. The van der Waals surface area contributed by atoms with Gasteiger partial charge >= 0.3 is 0 Å². The van der Waals surface area contributed by atoms with E-state index in [1.807, 2.05) is 49.6 Å². The van der Waals surface area contributed by atoms with Crippen molar-refractivity contribution in [3.63, 3.8) is 0 Å². The number of nitrogens with zero attached hydrogens (tertiary/aromatic N) is 3. The van der Waals surface area contributed by atoms with Gasteiger partial charge in [-0.05, 0) is 61.6 Å². The van der Waals surface area contributed by atoms with Crippen LogP contribution in [0.1, 0.15) is 49.2 Å². The molecule has 8 nitrogen and oxygen atoms in total. The average molecular weight is 530 g/mol. The van der Waals surface area contributed by atoms with Crippen LogP contribution in [-0.4, -0.2) is 38.9 Å². The molecule has 0 bridgehead atoms. The standard InChI is InChI=1S/C26H32ClN5O3S/c1-6-32-23(13-28-24(33)14-35-22-12-17(4)10-11-19(22)16(2)3)30-31-26(32)36-15-25(34)29-21-9-7-8-20(27)18(21)5/h7-12,16H,6,13-15H2,1-5H3,(H,28,33)(H,29,34). The molecule has 0 fully saturated rings. The van der Waals surface area contributed by atoms with Gasteiger partial charge in [-0.1, -0.05) is 55.4 Å². The van der Waals surface area contributed by atoms with Gasteiger partial charge in [-0.2, -0.15) is 0 Å². The molecule has 2 aromatic carbocycles. The van der Waals surface area contributed by atoms with Crippen molar-refractivity contribution in [3.8, 4) is 5.75 Å². The van der Waals surface area contributed by atoms with Crippen molar-refractivity contribution >= 4 is 40.9 Å². The number of carbonyl (C=O) groups is 2. The summed E-state index contributed by atoms with van der Waals surface area (Å²) in [4.78, 5) is 24.9. The van der Waals surface area contributed by atoms with Gasteiger partial charge in [0.2, 0.25) is 5.91 Å². The Hall–Kier alpha value is -3.04. The molecule has 0 radical (unpaired) electrons. The van der Waals surface area contributed by atoms with E-state index in [4.69, 9.17) is 16.3 Å². The lowest BCUT2D eigenvalue weighted by atomic mass is 10.0. The number of hydrogen-bond donors (Lipinski definition) is 2. The molecule has 0 aliphatic carbocycles. The van der Waals surface area contributed by atoms with Gasteiger partial charge < -0.3 is 19.9 Å². The number of halogens is 1. The van der Waals surface area contributed by atoms with Crippen LogP contribution in [0.25, 0.3) is 0 Å². The predicted octanol–water partition coefficient (Wildman–Crippen LogP) is 5.12. The third kappa shape index (κ3) is 7.24. The first kappa shape index (κ1) is 27.5. The Balaban J connectivity index is 1.53. The molecule has 1 aromatic heterocycles. The zero-order valence-electron chi connectivity index (χ0n) is 21.2. The third-order valence-electron chi connectivity index (χ3n) is 5.58. The van der Waals surface area contributed by atoms with Crippen LogP contribution in [-0.2, 0) is 22.7 Å². The number of amides is 2. The molecular formula is C26H32ClN5O3S. The zero-order valence-corrected chi connectivity index (χ0v) is 22.8. The summed E-state index contributed by atoms with van der Waals surface area (Å²) in [6, 6.07) is 11.4. The average Bonchev–Trinajstić information content (AvgIpc) is 3.24. The van der Waals surface area contributed by atoms with E-state index in [0.29, 0.717) is 34.2 Å². The van der Waals surface area contributed by atoms with Crippen LogP contribution in [0.5, 0.6) is 5.75 Å².